The fourth-order valence-corrected chi connectivity index (χ4v) is 0.665. The van der Waals surface area contributed by atoms with E-state index in [2.05, 4.69) is 27.7 Å². The van der Waals surface area contributed by atoms with Crippen LogP contribution < -0.4 is 11.6 Å². The summed E-state index contributed by atoms with van der Waals surface area (Å²) in [5, 5.41) is 1.78. The van der Waals surface area contributed by atoms with Crippen molar-refractivity contribution in [2.75, 3.05) is 6.54 Å². The van der Waals surface area contributed by atoms with Gasteiger partial charge in [-0.1, -0.05) is 13.8 Å². The van der Waals surface area contributed by atoms with Gasteiger partial charge in [-0.25, -0.2) is 5.01 Å². The summed E-state index contributed by atoms with van der Waals surface area (Å²) >= 11 is 0. The summed E-state index contributed by atoms with van der Waals surface area (Å²) in [6, 6.07) is 0.558. The van der Waals surface area contributed by atoms with E-state index >= 15 is 0 Å². The van der Waals surface area contributed by atoms with Crippen molar-refractivity contribution in [3.05, 3.63) is 0 Å². The Hall–Kier alpha value is -0.120. The molecule has 0 heterocycles. The van der Waals surface area contributed by atoms with E-state index in [9.17, 15) is 0 Å². The second-order valence-electron chi connectivity index (χ2n) is 3.70. The van der Waals surface area contributed by atoms with Gasteiger partial charge in [0.25, 0.3) is 0 Å². The lowest BCUT2D eigenvalue weighted by Gasteiger charge is -2.26. The third kappa shape index (κ3) is 4.35. The highest BCUT2D eigenvalue weighted by Crippen LogP contribution is 2.00. The van der Waals surface area contributed by atoms with Crippen molar-refractivity contribution in [2.24, 2.45) is 17.5 Å². The van der Waals surface area contributed by atoms with Crippen molar-refractivity contribution < 1.29 is 0 Å². The number of nitrogens with zero attached hydrogens (tertiary/aromatic N) is 1. The molecule has 1 atom stereocenters. The van der Waals surface area contributed by atoms with Crippen LogP contribution in [0.2, 0.25) is 0 Å². The maximum Gasteiger partial charge on any atom is 0.0285 e. The minimum Gasteiger partial charge on any atom is -0.326 e. The SMILES string of the molecule is CC(C)C(N)CN(N)C(C)C. The lowest BCUT2D eigenvalue weighted by Crippen LogP contribution is -2.47. The molecule has 0 saturated heterocycles. The van der Waals surface area contributed by atoms with Gasteiger partial charge in [-0.05, 0) is 19.8 Å². The first-order valence-electron chi connectivity index (χ1n) is 4.22. The second-order valence-corrected chi connectivity index (χ2v) is 3.70. The summed E-state index contributed by atoms with van der Waals surface area (Å²) in [7, 11) is 0. The molecule has 0 aromatic heterocycles. The average molecular weight is 159 g/mol. The molecule has 4 N–H and O–H groups in total. The van der Waals surface area contributed by atoms with Crippen LogP contribution in [0, 0.1) is 5.92 Å². The van der Waals surface area contributed by atoms with Crippen LogP contribution in [0.25, 0.3) is 0 Å². The maximum atomic E-state index is 5.83. The summed E-state index contributed by atoms with van der Waals surface area (Å²) in [5.74, 6) is 6.21. The molecule has 0 amide bonds. The van der Waals surface area contributed by atoms with E-state index in [-0.39, 0.29) is 6.04 Å². The lowest BCUT2D eigenvalue weighted by atomic mass is 10.1. The quantitative estimate of drug-likeness (QED) is 0.465. The molecule has 0 aromatic carbocycles. The Morgan fingerprint density at radius 2 is 1.64 bits per heavy atom. The smallest absolute Gasteiger partial charge is 0.0285 e. The van der Waals surface area contributed by atoms with Crippen LogP contribution in [0.4, 0.5) is 0 Å². The molecule has 0 aliphatic rings. The molecule has 0 spiro atoms. The Kier molecular flexibility index (Phi) is 4.65. The third-order valence-corrected chi connectivity index (χ3v) is 1.94. The topological polar surface area (TPSA) is 55.3 Å². The van der Waals surface area contributed by atoms with Gasteiger partial charge in [0.15, 0.2) is 0 Å². The predicted octanol–water partition coefficient (Wildman–Crippen LogP) is 0.554. The molecule has 0 aromatic rings. The molecule has 11 heavy (non-hydrogen) atoms. The molecular weight excluding hydrogens is 138 g/mol. The van der Waals surface area contributed by atoms with E-state index in [1.54, 1.807) is 5.01 Å². The van der Waals surface area contributed by atoms with Gasteiger partial charge in [-0.15, -0.1) is 0 Å². The first-order valence-corrected chi connectivity index (χ1v) is 4.22. The highest BCUT2D eigenvalue weighted by atomic mass is 15.4. The van der Waals surface area contributed by atoms with Crippen LogP contribution >= 0.6 is 0 Å². The summed E-state index contributed by atoms with van der Waals surface area (Å²) in [6.07, 6.45) is 0. The van der Waals surface area contributed by atoms with E-state index in [4.69, 9.17) is 11.6 Å². The monoisotopic (exact) mass is 159 g/mol. The zero-order valence-corrected chi connectivity index (χ0v) is 8.04. The summed E-state index contributed by atoms with van der Waals surface area (Å²) in [4.78, 5) is 0. The molecule has 0 aliphatic heterocycles. The normalized spacial score (nSPS) is 15.0. The van der Waals surface area contributed by atoms with Crippen LogP contribution in [0.15, 0.2) is 0 Å². The second kappa shape index (κ2) is 4.70. The Bertz CT molecular complexity index is 89.5. The number of nitrogens with two attached hydrogens (primary N) is 2. The van der Waals surface area contributed by atoms with E-state index in [1.165, 1.54) is 0 Å². The van der Waals surface area contributed by atoms with Gasteiger partial charge in [0.05, 0.1) is 0 Å². The van der Waals surface area contributed by atoms with E-state index in [0.29, 0.717) is 12.0 Å². The third-order valence-electron chi connectivity index (χ3n) is 1.94. The van der Waals surface area contributed by atoms with Crippen LogP contribution in [-0.2, 0) is 0 Å². The highest BCUT2D eigenvalue weighted by molar-refractivity contribution is 4.69. The van der Waals surface area contributed by atoms with Crippen LogP contribution in [-0.4, -0.2) is 23.6 Å². The first kappa shape index (κ1) is 10.9. The largest absolute Gasteiger partial charge is 0.326 e. The van der Waals surface area contributed by atoms with Gasteiger partial charge in [-0.3, -0.25) is 5.84 Å². The number of hydrogen-bond donors (Lipinski definition) is 2. The van der Waals surface area contributed by atoms with Crippen LogP contribution in [0.3, 0.4) is 0 Å². The molecule has 3 nitrogen and oxygen atoms in total. The van der Waals surface area contributed by atoms with Crippen LogP contribution in [0.1, 0.15) is 27.7 Å². The molecule has 0 rings (SSSR count). The zero-order valence-electron chi connectivity index (χ0n) is 8.04. The number of hydrazine groups is 1. The van der Waals surface area contributed by atoms with Crippen LogP contribution in [0.5, 0.6) is 0 Å². The molecule has 0 radical (unpaired) electrons. The zero-order chi connectivity index (χ0) is 9.02. The van der Waals surface area contributed by atoms with Crippen molar-refractivity contribution in [3.8, 4) is 0 Å². The van der Waals surface area contributed by atoms with E-state index in [0.717, 1.165) is 6.54 Å². The molecule has 68 valence electrons. The average Bonchev–Trinajstić information content (AvgIpc) is 1.87. The van der Waals surface area contributed by atoms with Gasteiger partial charge in [0, 0.05) is 18.6 Å². The maximum absolute atomic E-state index is 5.83. The van der Waals surface area contributed by atoms with Gasteiger partial charge in [0.2, 0.25) is 0 Å². The summed E-state index contributed by atoms with van der Waals surface area (Å²) < 4.78 is 0. The van der Waals surface area contributed by atoms with E-state index in [1.807, 2.05) is 0 Å². The minimum atomic E-state index is 0.183. The molecule has 0 bridgehead atoms. The highest BCUT2D eigenvalue weighted by Gasteiger charge is 2.12. The molecular formula is C8H21N3. The minimum absolute atomic E-state index is 0.183. The standard InChI is InChI=1S/C8H21N3/c1-6(2)8(9)5-11(10)7(3)4/h6-8H,5,9-10H2,1-4H3. The van der Waals surface area contributed by atoms with Gasteiger partial charge in [-0.2, -0.15) is 0 Å². The first-order chi connectivity index (χ1) is 4.95. The van der Waals surface area contributed by atoms with Crippen molar-refractivity contribution in [3.63, 3.8) is 0 Å². The summed E-state index contributed by atoms with van der Waals surface area (Å²) in [5.41, 5.74) is 5.83. The van der Waals surface area contributed by atoms with Gasteiger partial charge >= 0.3 is 0 Å². The number of rotatable bonds is 4. The van der Waals surface area contributed by atoms with Gasteiger partial charge < -0.3 is 5.73 Å². The van der Waals surface area contributed by atoms with E-state index < -0.39 is 0 Å². The van der Waals surface area contributed by atoms with Crippen molar-refractivity contribution in [1.29, 1.82) is 0 Å². The Labute approximate surface area is 69.7 Å². The summed E-state index contributed by atoms with van der Waals surface area (Å²) in [6.45, 7) is 9.12. The van der Waals surface area contributed by atoms with Gasteiger partial charge in [0.1, 0.15) is 0 Å². The molecule has 3 heteroatoms. The predicted molar refractivity (Wildman–Crippen MR) is 48.8 cm³/mol. The van der Waals surface area contributed by atoms with Crippen molar-refractivity contribution in [2.45, 2.75) is 39.8 Å². The fraction of sp³-hybridized carbons (Fsp3) is 1.00. The molecule has 1 unspecified atom stereocenters. The Balaban J connectivity index is 3.66. The lowest BCUT2D eigenvalue weighted by molar-refractivity contribution is 0.199. The fourth-order valence-electron chi connectivity index (χ4n) is 0.665. The molecule has 0 saturated carbocycles. The molecule has 0 aliphatic carbocycles. The number of hydrogen-bond acceptors (Lipinski definition) is 3. The van der Waals surface area contributed by atoms with Crippen molar-refractivity contribution >= 4 is 0 Å². The Morgan fingerprint density at radius 3 is 1.91 bits per heavy atom. The molecule has 0 fully saturated rings. The van der Waals surface area contributed by atoms with Crippen molar-refractivity contribution in [1.82, 2.24) is 5.01 Å². The Morgan fingerprint density at radius 1 is 1.18 bits per heavy atom.